The van der Waals surface area contributed by atoms with Crippen molar-refractivity contribution in [2.24, 2.45) is 0 Å². The Morgan fingerprint density at radius 1 is 0.484 bits per heavy atom. The molecule has 4 aromatic heterocycles. The zero-order valence-corrected chi connectivity index (χ0v) is 39.4. The van der Waals surface area contributed by atoms with Crippen LogP contribution in [0.2, 0.25) is 0 Å². The molecule has 0 atom stereocenters. The molecule has 0 aliphatic carbocycles. The van der Waals surface area contributed by atoms with Crippen LogP contribution in [0.25, 0.3) is 71.9 Å². The van der Waals surface area contributed by atoms with Crippen LogP contribution in [-0.2, 0) is 13.1 Å². The van der Waals surface area contributed by atoms with Gasteiger partial charge in [-0.3, -0.25) is 4.79 Å². The van der Waals surface area contributed by atoms with E-state index < -0.39 is 0 Å². The van der Waals surface area contributed by atoms with Crippen LogP contribution in [0.15, 0.2) is 217 Å². The number of furan rings is 2. The van der Waals surface area contributed by atoms with Crippen molar-refractivity contribution in [1.29, 1.82) is 5.26 Å². The van der Waals surface area contributed by atoms with Gasteiger partial charge in [0.05, 0.1) is 28.4 Å². The maximum atomic E-state index is 13.3. The van der Waals surface area contributed by atoms with Crippen LogP contribution >= 0.6 is 15.9 Å². The molecular formula is C54H36BrKN4O4. The van der Waals surface area contributed by atoms with Gasteiger partial charge in [-0.25, -0.2) is 4.85 Å². The van der Waals surface area contributed by atoms with Crippen molar-refractivity contribution in [3.05, 3.63) is 248 Å². The summed E-state index contributed by atoms with van der Waals surface area (Å²) < 4.78 is 17.2. The second-order valence-electron chi connectivity index (χ2n) is 14.4. The molecule has 0 saturated heterocycles. The number of benzene rings is 6. The van der Waals surface area contributed by atoms with Gasteiger partial charge in [-0.2, -0.15) is 0 Å². The zero-order chi connectivity index (χ0) is 43.7. The standard InChI is InChI=1S/C27H18N2O2.C26H18BrNO2.CN.K/c1-28-22-18-29(17-19-11-5-2-6-12-19)27-24(25(22)30)23(20-13-7-3-8-14-20)26(31-27)21-15-9-4-10-16-21;27-21-17-28(16-18-10-4-1-5-11-18)26-23(24(21)29)22(19-12-6-2-7-13-19)25(30-26)20-14-8-3-9-15-20;1-2;/h2-16,18H,17H2;1-15,17H,16H2;;/q;;-1;+1. The summed E-state index contributed by atoms with van der Waals surface area (Å²) in [5.41, 5.74) is 8.15. The van der Waals surface area contributed by atoms with Gasteiger partial charge in [-0.15, -0.1) is 0 Å². The normalized spacial score (nSPS) is 10.5. The fourth-order valence-corrected chi connectivity index (χ4v) is 8.10. The Labute approximate surface area is 420 Å². The number of hydrogen-bond acceptors (Lipinski definition) is 5. The van der Waals surface area contributed by atoms with Crippen molar-refractivity contribution in [2.45, 2.75) is 13.1 Å². The molecule has 0 aliphatic heterocycles. The Kier molecular flexibility index (Phi) is 15.0. The molecule has 64 heavy (non-hydrogen) atoms. The molecular weight excluding hydrogens is 888 g/mol. The van der Waals surface area contributed by atoms with E-state index in [1.54, 1.807) is 6.20 Å². The van der Waals surface area contributed by atoms with Crippen LogP contribution in [0.1, 0.15) is 11.1 Å². The molecule has 10 rings (SSSR count). The molecule has 0 bridgehead atoms. The monoisotopic (exact) mass is 922 g/mol. The van der Waals surface area contributed by atoms with Gasteiger partial charge >= 0.3 is 51.4 Å². The van der Waals surface area contributed by atoms with E-state index in [2.05, 4.69) is 32.9 Å². The first kappa shape index (κ1) is 45.4. The number of rotatable bonds is 8. The first-order chi connectivity index (χ1) is 31.0. The Morgan fingerprint density at radius 2 is 0.812 bits per heavy atom. The number of halogens is 1. The molecule has 0 N–H and O–H groups in total. The van der Waals surface area contributed by atoms with Crippen molar-refractivity contribution in [3.63, 3.8) is 0 Å². The number of aromatic nitrogens is 2. The van der Waals surface area contributed by atoms with Gasteiger partial charge < -0.3 is 34.6 Å². The molecule has 0 amide bonds. The fraction of sp³-hybridized carbons (Fsp3) is 0.0370. The summed E-state index contributed by atoms with van der Waals surface area (Å²) in [6.45, 7) is 13.4. The van der Waals surface area contributed by atoms with Crippen LogP contribution in [0.4, 0.5) is 5.69 Å². The van der Waals surface area contributed by atoms with Gasteiger partial charge in [-0.05, 0) is 38.2 Å². The number of hydrogen-bond donors (Lipinski definition) is 0. The molecule has 0 saturated carbocycles. The van der Waals surface area contributed by atoms with E-state index in [9.17, 15) is 9.59 Å². The Bertz CT molecular complexity index is 3340. The van der Waals surface area contributed by atoms with Crippen molar-refractivity contribution in [2.75, 3.05) is 0 Å². The third-order valence-corrected chi connectivity index (χ3v) is 11.0. The van der Waals surface area contributed by atoms with Crippen molar-refractivity contribution < 1.29 is 60.2 Å². The smallest absolute Gasteiger partial charge is 0.512 e. The quantitative estimate of drug-likeness (QED) is 0.112. The second kappa shape index (κ2) is 21.2. The molecule has 10 heteroatoms. The summed E-state index contributed by atoms with van der Waals surface area (Å²) in [7, 11) is 0. The molecule has 0 aliphatic rings. The summed E-state index contributed by atoms with van der Waals surface area (Å²) in [4.78, 5) is 30.1. The van der Waals surface area contributed by atoms with Crippen LogP contribution < -0.4 is 62.2 Å². The molecule has 0 spiro atoms. The maximum absolute atomic E-state index is 13.3. The van der Waals surface area contributed by atoms with Crippen LogP contribution in [0, 0.1) is 18.4 Å². The van der Waals surface area contributed by atoms with E-state index in [1.165, 1.54) is 0 Å². The average Bonchev–Trinajstić information content (AvgIpc) is 3.96. The van der Waals surface area contributed by atoms with E-state index in [-0.39, 0.29) is 67.9 Å². The fourth-order valence-electron chi connectivity index (χ4n) is 7.65. The third kappa shape index (κ3) is 9.49. The molecule has 8 nitrogen and oxygen atoms in total. The first-order valence-electron chi connectivity index (χ1n) is 19.9. The zero-order valence-electron chi connectivity index (χ0n) is 34.7. The average molecular weight is 924 g/mol. The van der Waals surface area contributed by atoms with Gasteiger partial charge in [0.15, 0.2) is 0 Å². The molecule has 0 fully saturated rings. The number of pyridine rings is 2. The van der Waals surface area contributed by atoms with Gasteiger partial charge in [0.2, 0.25) is 28.0 Å². The molecule has 10 aromatic rings. The minimum Gasteiger partial charge on any atom is -0.512 e. The van der Waals surface area contributed by atoms with Gasteiger partial charge in [0.25, 0.3) is 0 Å². The molecule has 4 heterocycles. The number of nitrogens with zero attached hydrogens (tertiary/aromatic N) is 4. The summed E-state index contributed by atoms with van der Waals surface area (Å²) in [6, 6.07) is 59.4. The summed E-state index contributed by atoms with van der Waals surface area (Å²) in [5, 5.41) is 7.28. The third-order valence-electron chi connectivity index (χ3n) is 10.5. The van der Waals surface area contributed by atoms with Crippen LogP contribution in [0.3, 0.4) is 0 Å². The van der Waals surface area contributed by atoms with E-state index in [1.807, 2.05) is 185 Å². The predicted octanol–water partition coefficient (Wildman–Crippen LogP) is 10.4. The first-order valence-corrected chi connectivity index (χ1v) is 20.7. The summed E-state index contributed by atoms with van der Waals surface area (Å²) >= 11 is 3.48. The topological polar surface area (TPSA) is 98.4 Å². The van der Waals surface area contributed by atoms with E-state index in [0.717, 1.165) is 44.5 Å². The summed E-state index contributed by atoms with van der Waals surface area (Å²) in [6.07, 6.45) is 3.41. The molecule has 0 unspecified atom stereocenters. The summed E-state index contributed by atoms with van der Waals surface area (Å²) in [5.74, 6) is 1.33. The van der Waals surface area contributed by atoms with E-state index in [4.69, 9.17) is 27.2 Å². The van der Waals surface area contributed by atoms with Gasteiger partial charge in [0.1, 0.15) is 11.5 Å². The van der Waals surface area contributed by atoms with E-state index >= 15 is 0 Å². The van der Waals surface area contributed by atoms with Crippen molar-refractivity contribution >= 4 is 43.8 Å². The number of fused-ring (bicyclic) bond motifs is 2. The van der Waals surface area contributed by atoms with Crippen molar-refractivity contribution in [1.82, 2.24) is 9.13 Å². The molecule has 6 aromatic carbocycles. The van der Waals surface area contributed by atoms with Gasteiger partial charge in [0, 0.05) is 41.2 Å². The molecule has 0 radical (unpaired) electrons. The molecule has 304 valence electrons. The van der Waals surface area contributed by atoms with E-state index in [0.29, 0.717) is 51.3 Å². The Morgan fingerprint density at radius 3 is 1.19 bits per heavy atom. The maximum Gasteiger partial charge on any atom is 1.00 e. The van der Waals surface area contributed by atoms with Crippen LogP contribution in [-0.4, -0.2) is 9.13 Å². The second-order valence-corrected chi connectivity index (χ2v) is 15.3. The van der Waals surface area contributed by atoms with Crippen LogP contribution in [0.5, 0.6) is 0 Å². The largest absolute Gasteiger partial charge is 1.00 e. The Balaban J connectivity index is 0.000000182. The SMILES string of the molecule is O=c1c(Br)cn(Cc2ccccc2)c2oc(-c3ccccc3)c(-c3ccccc3)c12.[C-]#N.[C-]#[N+]c1cn(Cc2ccccc2)c2oc(-c3ccccc3)c(-c3ccccc3)c2c1=O.[K+]. The predicted molar refractivity (Wildman–Crippen MR) is 253 cm³/mol. The minimum atomic E-state index is -0.306. The minimum absolute atomic E-state index is 0. The van der Waals surface area contributed by atoms with Gasteiger partial charge in [-0.1, -0.05) is 182 Å². The van der Waals surface area contributed by atoms with Crippen molar-refractivity contribution in [3.8, 4) is 44.9 Å². The Hall–Kier alpha value is -6.60.